The van der Waals surface area contributed by atoms with Crippen LogP contribution in [-0.2, 0) is 13.6 Å². The van der Waals surface area contributed by atoms with Crippen LogP contribution in [0.3, 0.4) is 0 Å². The highest BCUT2D eigenvalue weighted by atomic mass is 15.4. The summed E-state index contributed by atoms with van der Waals surface area (Å²) in [5.41, 5.74) is 2.47. The third-order valence-electron chi connectivity index (χ3n) is 3.79. The molecule has 1 aliphatic rings. The molecule has 2 rings (SSSR count). The topological polar surface area (TPSA) is 33.1 Å². The minimum Gasteiger partial charge on any atom is -0.359 e. The predicted octanol–water partition coefficient (Wildman–Crippen LogP) is 1.68. The fraction of sp³-hybridized carbons (Fsp3) is 0.769. The van der Waals surface area contributed by atoms with Crippen molar-refractivity contribution >= 4 is 5.82 Å². The molecule has 0 atom stereocenters. The van der Waals surface area contributed by atoms with Gasteiger partial charge in [0.05, 0.1) is 5.69 Å². The van der Waals surface area contributed by atoms with Gasteiger partial charge in [0.15, 0.2) is 0 Å². The maximum atomic E-state index is 4.54. The second-order valence-corrected chi connectivity index (χ2v) is 5.22. The molecular formula is C13H24N4. The van der Waals surface area contributed by atoms with E-state index in [1.807, 2.05) is 18.8 Å². The van der Waals surface area contributed by atoms with Gasteiger partial charge in [-0.05, 0) is 32.7 Å². The quantitative estimate of drug-likeness (QED) is 0.844. The van der Waals surface area contributed by atoms with Crippen molar-refractivity contribution in [3.63, 3.8) is 0 Å². The molecule has 1 N–H and O–H groups in total. The maximum Gasteiger partial charge on any atom is 0.131 e. The van der Waals surface area contributed by atoms with Gasteiger partial charge in [0.2, 0.25) is 0 Å². The van der Waals surface area contributed by atoms with Gasteiger partial charge in [-0.3, -0.25) is 4.68 Å². The van der Waals surface area contributed by atoms with E-state index < -0.39 is 0 Å². The molecule has 0 spiro atoms. The van der Waals surface area contributed by atoms with Crippen LogP contribution in [-0.4, -0.2) is 30.4 Å². The summed E-state index contributed by atoms with van der Waals surface area (Å²) in [6.45, 7) is 4.15. The Bertz CT molecular complexity index is 379. The first-order valence-corrected chi connectivity index (χ1v) is 6.51. The highest BCUT2D eigenvalue weighted by Gasteiger charge is 2.22. The predicted molar refractivity (Wildman–Crippen MR) is 71.3 cm³/mol. The molecule has 0 aromatic carbocycles. The SMILES string of the molecule is CNCc1c(C)nn(C)c1N(C)CC1CCC1. The number of nitrogens with one attached hydrogen (secondary N) is 1. The molecule has 0 saturated heterocycles. The first kappa shape index (κ1) is 12.4. The summed E-state index contributed by atoms with van der Waals surface area (Å²) in [5.74, 6) is 2.15. The molecule has 0 unspecified atom stereocenters. The summed E-state index contributed by atoms with van der Waals surface area (Å²) >= 11 is 0. The number of aromatic nitrogens is 2. The summed E-state index contributed by atoms with van der Waals surface area (Å²) in [4.78, 5) is 2.37. The number of anilines is 1. The molecule has 1 saturated carbocycles. The van der Waals surface area contributed by atoms with Gasteiger partial charge in [-0.2, -0.15) is 5.10 Å². The van der Waals surface area contributed by atoms with E-state index >= 15 is 0 Å². The Hall–Kier alpha value is -1.03. The molecule has 4 nitrogen and oxygen atoms in total. The summed E-state index contributed by atoms with van der Waals surface area (Å²) in [5, 5.41) is 7.77. The van der Waals surface area contributed by atoms with Crippen LogP contribution in [0, 0.1) is 12.8 Å². The number of hydrogen-bond acceptors (Lipinski definition) is 3. The Balaban J connectivity index is 2.16. The fourth-order valence-electron chi connectivity index (χ4n) is 2.70. The standard InChI is InChI=1S/C13H24N4/c1-10-12(8-14-2)13(17(4)15-10)16(3)9-11-6-5-7-11/h11,14H,5-9H2,1-4H3. The molecule has 96 valence electrons. The van der Waals surface area contributed by atoms with Gasteiger partial charge in [0, 0.05) is 32.7 Å². The monoisotopic (exact) mass is 236 g/mol. The zero-order chi connectivity index (χ0) is 12.4. The average molecular weight is 236 g/mol. The van der Waals surface area contributed by atoms with Crippen molar-refractivity contribution in [2.75, 3.05) is 25.5 Å². The Morgan fingerprint density at radius 3 is 2.71 bits per heavy atom. The molecule has 0 aliphatic heterocycles. The van der Waals surface area contributed by atoms with Crippen molar-refractivity contribution in [1.82, 2.24) is 15.1 Å². The summed E-state index contributed by atoms with van der Waals surface area (Å²) < 4.78 is 2.01. The van der Waals surface area contributed by atoms with E-state index in [0.717, 1.165) is 24.7 Å². The van der Waals surface area contributed by atoms with E-state index in [1.165, 1.54) is 30.6 Å². The van der Waals surface area contributed by atoms with E-state index in [2.05, 4.69) is 29.3 Å². The van der Waals surface area contributed by atoms with Crippen LogP contribution < -0.4 is 10.2 Å². The van der Waals surface area contributed by atoms with E-state index in [9.17, 15) is 0 Å². The Morgan fingerprint density at radius 1 is 1.47 bits per heavy atom. The summed E-state index contributed by atoms with van der Waals surface area (Å²) in [6.07, 6.45) is 4.19. The second kappa shape index (κ2) is 5.08. The van der Waals surface area contributed by atoms with E-state index in [4.69, 9.17) is 0 Å². The van der Waals surface area contributed by atoms with Crippen LogP contribution >= 0.6 is 0 Å². The molecule has 0 bridgehead atoms. The normalized spacial score (nSPS) is 16.0. The van der Waals surface area contributed by atoms with Gasteiger partial charge in [0.25, 0.3) is 0 Å². The Kier molecular flexibility index (Phi) is 3.72. The van der Waals surface area contributed by atoms with Crippen LogP contribution in [0.5, 0.6) is 0 Å². The van der Waals surface area contributed by atoms with Gasteiger partial charge < -0.3 is 10.2 Å². The lowest BCUT2D eigenvalue weighted by molar-refractivity contribution is 0.320. The Morgan fingerprint density at radius 2 is 2.18 bits per heavy atom. The Labute approximate surface area is 104 Å². The largest absolute Gasteiger partial charge is 0.359 e. The maximum absolute atomic E-state index is 4.54. The van der Waals surface area contributed by atoms with Crippen molar-refractivity contribution in [2.45, 2.75) is 32.7 Å². The van der Waals surface area contributed by atoms with Gasteiger partial charge in [-0.25, -0.2) is 0 Å². The molecule has 4 heteroatoms. The average Bonchev–Trinajstić information content (AvgIpc) is 2.48. The summed E-state index contributed by atoms with van der Waals surface area (Å²) in [6, 6.07) is 0. The van der Waals surface area contributed by atoms with E-state index in [1.54, 1.807) is 0 Å². The molecule has 0 radical (unpaired) electrons. The number of aryl methyl sites for hydroxylation is 2. The van der Waals surface area contributed by atoms with Crippen LogP contribution in [0.15, 0.2) is 0 Å². The third-order valence-corrected chi connectivity index (χ3v) is 3.79. The first-order chi connectivity index (χ1) is 8.13. The van der Waals surface area contributed by atoms with Crippen molar-refractivity contribution < 1.29 is 0 Å². The highest BCUT2D eigenvalue weighted by molar-refractivity contribution is 5.49. The number of hydrogen-bond donors (Lipinski definition) is 1. The molecule has 17 heavy (non-hydrogen) atoms. The van der Waals surface area contributed by atoms with Crippen molar-refractivity contribution in [3.05, 3.63) is 11.3 Å². The van der Waals surface area contributed by atoms with Gasteiger partial charge >= 0.3 is 0 Å². The van der Waals surface area contributed by atoms with Crippen LogP contribution in [0.2, 0.25) is 0 Å². The second-order valence-electron chi connectivity index (χ2n) is 5.22. The zero-order valence-corrected chi connectivity index (χ0v) is 11.5. The van der Waals surface area contributed by atoms with Crippen LogP contribution in [0.1, 0.15) is 30.5 Å². The van der Waals surface area contributed by atoms with Crippen LogP contribution in [0.25, 0.3) is 0 Å². The number of nitrogens with zero attached hydrogens (tertiary/aromatic N) is 3. The fourth-order valence-corrected chi connectivity index (χ4v) is 2.70. The molecule has 1 heterocycles. The minimum atomic E-state index is 0.887. The zero-order valence-electron chi connectivity index (χ0n) is 11.5. The van der Waals surface area contributed by atoms with Gasteiger partial charge in [-0.15, -0.1) is 0 Å². The van der Waals surface area contributed by atoms with Crippen molar-refractivity contribution in [2.24, 2.45) is 13.0 Å². The van der Waals surface area contributed by atoms with Gasteiger partial charge in [0.1, 0.15) is 5.82 Å². The lowest BCUT2D eigenvalue weighted by Crippen LogP contribution is -2.31. The molecular weight excluding hydrogens is 212 g/mol. The van der Waals surface area contributed by atoms with Crippen molar-refractivity contribution in [1.29, 1.82) is 0 Å². The molecule has 1 aromatic heterocycles. The lowest BCUT2D eigenvalue weighted by atomic mass is 9.85. The molecule has 1 aromatic rings. The lowest BCUT2D eigenvalue weighted by Gasteiger charge is -2.31. The van der Waals surface area contributed by atoms with E-state index in [-0.39, 0.29) is 0 Å². The first-order valence-electron chi connectivity index (χ1n) is 6.51. The smallest absolute Gasteiger partial charge is 0.131 e. The van der Waals surface area contributed by atoms with Crippen molar-refractivity contribution in [3.8, 4) is 0 Å². The van der Waals surface area contributed by atoms with Gasteiger partial charge in [-0.1, -0.05) is 6.42 Å². The molecule has 1 aliphatic carbocycles. The third kappa shape index (κ3) is 2.46. The molecule has 0 amide bonds. The number of rotatable bonds is 5. The van der Waals surface area contributed by atoms with Crippen LogP contribution in [0.4, 0.5) is 5.82 Å². The van der Waals surface area contributed by atoms with E-state index in [0.29, 0.717) is 0 Å². The minimum absolute atomic E-state index is 0.887. The summed E-state index contributed by atoms with van der Waals surface area (Å²) in [7, 11) is 6.22. The molecule has 1 fully saturated rings. The highest BCUT2D eigenvalue weighted by Crippen LogP contribution is 2.30.